The van der Waals surface area contributed by atoms with Gasteiger partial charge in [0.15, 0.2) is 5.03 Å². The van der Waals surface area contributed by atoms with Gasteiger partial charge in [0.05, 0.1) is 12.9 Å². The first kappa shape index (κ1) is 14.5. The molecule has 1 aromatic heterocycles. The third-order valence-corrected chi connectivity index (χ3v) is 4.71. The Morgan fingerprint density at radius 3 is 2.85 bits per heavy atom. The number of hydrogen-bond acceptors (Lipinski definition) is 5. The summed E-state index contributed by atoms with van der Waals surface area (Å²) in [4.78, 5) is 26.2. The van der Waals surface area contributed by atoms with Gasteiger partial charge in [0.1, 0.15) is 6.04 Å². The number of carboxylic acid groups (broad SMARTS) is 1. The Morgan fingerprint density at radius 2 is 2.30 bits per heavy atom. The first-order valence-electron chi connectivity index (χ1n) is 5.89. The molecule has 1 aliphatic heterocycles. The van der Waals surface area contributed by atoms with Crippen molar-refractivity contribution in [2.24, 2.45) is 0 Å². The summed E-state index contributed by atoms with van der Waals surface area (Å²) in [5, 5.41) is 11.1. The number of nitrogens with zero attached hydrogens (tertiary/aromatic N) is 3. The van der Waals surface area contributed by atoms with Crippen molar-refractivity contribution in [1.29, 1.82) is 0 Å². The fourth-order valence-corrected chi connectivity index (χ4v) is 3.32. The van der Waals surface area contributed by atoms with Gasteiger partial charge in [-0.1, -0.05) is 0 Å². The maximum atomic E-state index is 12.4. The molecular formula is C10H14N4O5S. The molecule has 110 valence electrons. The Bertz CT molecular complexity index is 638. The number of hydrogen-bond donors (Lipinski definition) is 2. The molecule has 0 aliphatic carbocycles. The molecule has 2 heterocycles. The van der Waals surface area contributed by atoms with E-state index in [-0.39, 0.29) is 11.6 Å². The first-order chi connectivity index (χ1) is 9.36. The molecule has 1 unspecified atom stereocenters. The topological polar surface area (TPSA) is 122 Å². The molecule has 20 heavy (non-hydrogen) atoms. The Balaban J connectivity index is 2.39. The minimum Gasteiger partial charge on any atom is -0.480 e. The molecule has 0 radical (unpaired) electrons. The lowest BCUT2D eigenvalue weighted by Crippen LogP contribution is -2.59. The van der Waals surface area contributed by atoms with E-state index in [1.54, 1.807) is 4.57 Å². The highest BCUT2D eigenvalue weighted by Crippen LogP contribution is 2.18. The monoisotopic (exact) mass is 302 g/mol. The molecular weight excluding hydrogens is 288 g/mol. The summed E-state index contributed by atoms with van der Waals surface area (Å²) in [5.74, 6) is -1.86. The second-order valence-corrected chi connectivity index (χ2v) is 6.09. The molecule has 0 saturated carbocycles. The number of amides is 1. The minimum absolute atomic E-state index is 0.262. The van der Waals surface area contributed by atoms with Gasteiger partial charge in [0.2, 0.25) is 5.91 Å². The number of sulfonamides is 1. The van der Waals surface area contributed by atoms with Crippen LogP contribution in [-0.2, 0) is 26.2 Å². The SMILES string of the molecule is CCn1cnc(S(=O)(=O)N2CC(=O)NCC2C(=O)O)c1. The quantitative estimate of drug-likeness (QED) is 0.696. The van der Waals surface area contributed by atoms with Crippen LogP contribution >= 0.6 is 0 Å². The van der Waals surface area contributed by atoms with E-state index in [9.17, 15) is 18.0 Å². The Hall–Kier alpha value is -1.94. The number of carbonyl (C=O) groups excluding carboxylic acids is 1. The van der Waals surface area contributed by atoms with Crippen molar-refractivity contribution >= 4 is 21.9 Å². The molecule has 10 heteroatoms. The fourth-order valence-electron chi connectivity index (χ4n) is 1.85. The van der Waals surface area contributed by atoms with Crippen LogP contribution < -0.4 is 5.32 Å². The van der Waals surface area contributed by atoms with E-state index in [0.717, 1.165) is 0 Å². The van der Waals surface area contributed by atoms with Crippen molar-refractivity contribution in [1.82, 2.24) is 19.2 Å². The van der Waals surface area contributed by atoms with E-state index >= 15 is 0 Å². The zero-order valence-electron chi connectivity index (χ0n) is 10.7. The van der Waals surface area contributed by atoms with Gasteiger partial charge in [-0.05, 0) is 6.92 Å². The summed E-state index contributed by atoms with van der Waals surface area (Å²) >= 11 is 0. The Labute approximate surface area is 115 Å². The number of rotatable bonds is 4. The van der Waals surface area contributed by atoms with E-state index in [4.69, 9.17) is 5.11 Å². The molecule has 2 N–H and O–H groups in total. The standard InChI is InChI=1S/C10H14N4O5S/c1-2-13-5-9(12-6-13)20(18,19)14-4-8(15)11-3-7(14)10(16)17/h5-7H,2-4H2,1H3,(H,11,15)(H,16,17). The molecule has 2 rings (SSSR count). The van der Waals surface area contributed by atoms with Crippen molar-refractivity contribution in [2.75, 3.05) is 13.1 Å². The summed E-state index contributed by atoms with van der Waals surface area (Å²) in [6.45, 7) is 1.55. The average Bonchev–Trinajstić information content (AvgIpc) is 2.87. The number of carboxylic acids is 1. The maximum Gasteiger partial charge on any atom is 0.323 e. The lowest BCUT2D eigenvalue weighted by Gasteiger charge is -2.30. The van der Waals surface area contributed by atoms with Gasteiger partial charge in [-0.2, -0.15) is 4.31 Å². The van der Waals surface area contributed by atoms with Crippen LogP contribution in [0.2, 0.25) is 0 Å². The molecule has 1 aliphatic rings. The maximum absolute atomic E-state index is 12.4. The molecule has 9 nitrogen and oxygen atoms in total. The average molecular weight is 302 g/mol. The van der Waals surface area contributed by atoms with Gasteiger partial charge in [-0.3, -0.25) is 9.59 Å². The van der Waals surface area contributed by atoms with E-state index in [0.29, 0.717) is 10.8 Å². The van der Waals surface area contributed by atoms with Gasteiger partial charge in [0, 0.05) is 19.3 Å². The molecule has 1 aromatic rings. The molecule has 0 bridgehead atoms. The highest BCUT2D eigenvalue weighted by molar-refractivity contribution is 7.89. The predicted octanol–water partition coefficient (Wildman–Crippen LogP) is -1.52. The van der Waals surface area contributed by atoms with E-state index in [1.165, 1.54) is 12.5 Å². The molecule has 0 aromatic carbocycles. The first-order valence-corrected chi connectivity index (χ1v) is 7.33. The van der Waals surface area contributed by atoms with Gasteiger partial charge < -0.3 is 15.0 Å². The van der Waals surface area contributed by atoms with Crippen molar-refractivity contribution in [2.45, 2.75) is 24.5 Å². The summed E-state index contributed by atoms with van der Waals surface area (Å²) in [6, 6.07) is -1.33. The van der Waals surface area contributed by atoms with E-state index in [2.05, 4.69) is 10.3 Å². The number of nitrogens with one attached hydrogen (secondary N) is 1. The van der Waals surface area contributed by atoms with Crippen LogP contribution in [0.15, 0.2) is 17.6 Å². The lowest BCUT2D eigenvalue weighted by atomic mass is 10.2. The molecule has 1 amide bonds. The second kappa shape index (κ2) is 5.21. The molecule has 1 fully saturated rings. The van der Waals surface area contributed by atoms with Gasteiger partial charge in [-0.15, -0.1) is 0 Å². The van der Waals surface area contributed by atoms with Crippen molar-refractivity contribution in [3.8, 4) is 0 Å². The zero-order valence-corrected chi connectivity index (χ0v) is 11.5. The Kier molecular flexibility index (Phi) is 3.77. The van der Waals surface area contributed by atoms with E-state index < -0.39 is 34.5 Å². The lowest BCUT2D eigenvalue weighted by molar-refractivity contribution is -0.143. The number of aryl methyl sites for hydroxylation is 1. The van der Waals surface area contributed by atoms with Crippen molar-refractivity contribution in [3.63, 3.8) is 0 Å². The third kappa shape index (κ3) is 2.51. The van der Waals surface area contributed by atoms with Crippen LogP contribution in [0.4, 0.5) is 0 Å². The third-order valence-electron chi connectivity index (χ3n) is 2.97. The van der Waals surface area contributed by atoms with Crippen LogP contribution in [0, 0.1) is 0 Å². The number of aliphatic carboxylic acids is 1. The predicted molar refractivity (Wildman–Crippen MR) is 66.2 cm³/mol. The van der Waals surface area contributed by atoms with E-state index in [1.807, 2.05) is 6.92 Å². The number of aromatic nitrogens is 2. The molecule has 1 atom stereocenters. The van der Waals surface area contributed by atoms with Crippen LogP contribution in [0.25, 0.3) is 0 Å². The summed E-state index contributed by atoms with van der Waals surface area (Å²) in [7, 11) is -4.12. The molecule has 1 saturated heterocycles. The summed E-state index contributed by atoms with van der Waals surface area (Å²) < 4.78 is 27.0. The summed E-state index contributed by atoms with van der Waals surface area (Å²) in [5.41, 5.74) is 0. The van der Waals surface area contributed by atoms with Gasteiger partial charge in [-0.25, -0.2) is 13.4 Å². The van der Waals surface area contributed by atoms with Crippen LogP contribution in [0.3, 0.4) is 0 Å². The Morgan fingerprint density at radius 1 is 1.60 bits per heavy atom. The normalized spacial score (nSPS) is 20.6. The van der Waals surface area contributed by atoms with Gasteiger partial charge in [0.25, 0.3) is 10.0 Å². The van der Waals surface area contributed by atoms with Gasteiger partial charge >= 0.3 is 5.97 Å². The van der Waals surface area contributed by atoms with Crippen LogP contribution in [0.5, 0.6) is 0 Å². The highest BCUT2D eigenvalue weighted by atomic mass is 32.2. The van der Waals surface area contributed by atoms with Crippen molar-refractivity contribution in [3.05, 3.63) is 12.5 Å². The largest absolute Gasteiger partial charge is 0.480 e. The fraction of sp³-hybridized carbons (Fsp3) is 0.500. The molecule has 0 spiro atoms. The smallest absolute Gasteiger partial charge is 0.323 e. The zero-order chi connectivity index (χ0) is 14.9. The minimum atomic E-state index is -4.12. The van der Waals surface area contributed by atoms with Crippen molar-refractivity contribution < 1.29 is 23.1 Å². The second-order valence-electron chi connectivity index (χ2n) is 4.25. The van der Waals surface area contributed by atoms with Crippen LogP contribution in [0.1, 0.15) is 6.92 Å². The van der Waals surface area contributed by atoms with Crippen LogP contribution in [-0.4, -0.2) is 58.4 Å². The highest BCUT2D eigenvalue weighted by Gasteiger charge is 2.41. The number of carbonyl (C=O) groups is 2. The summed E-state index contributed by atoms with van der Waals surface area (Å²) in [6.07, 6.45) is 2.65. The number of piperazine rings is 1. The number of imidazole rings is 1.